The number of unbranched alkanes of at least 4 members (excludes halogenated alkanes) is 5. The van der Waals surface area contributed by atoms with Crippen molar-refractivity contribution in [3.8, 4) is 0 Å². The molecule has 0 spiro atoms. The first-order chi connectivity index (χ1) is 15.2. The van der Waals surface area contributed by atoms with Gasteiger partial charge < -0.3 is 18.6 Å². The molecule has 0 bridgehead atoms. The van der Waals surface area contributed by atoms with Gasteiger partial charge in [-0.05, 0) is 12.8 Å². The van der Waals surface area contributed by atoms with Gasteiger partial charge in [-0.15, -0.1) is 0 Å². The number of hydrogen-bond acceptors (Lipinski definition) is 8. The minimum atomic E-state index is 0.587. The van der Waals surface area contributed by atoms with E-state index in [1.54, 1.807) is 0 Å². The number of rotatable bonds is 11. The van der Waals surface area contributed by atoms with Crippen LogP contribution in [-0.4, -0.2) is 76.3 Å². The fourth-order valence-corrected chi connectivity index (χ4v) is 3.00. The first-order valence-electron chi connectivity index (χ1n) is 11.3. The highest BCUT2D eigenvalue weighted by atomic mass is 16.4. The van der Waals surface area contributed by atoms with Gasteiger partial charge in [0.05, 0.1) is 28.2 Å². The Kier molecular flexibility index (Phi) is 9.80. The maximum atomic E-state index is 5.82. The highest BCUT2D eigenvalue weighted by molar-refractivity contribution is 5.24. The van der Waals surface area contributed by atoms with E-state index in [9.17, 15) is 0 Å². The molecule has 2 rings (SSSR count). The Morgan fingerprint density at radius 2 is 0.906 bits per heavy atom. The van der Waals surface area contributed by atoms with Crippen molar-refractivity contribution in [3.05, 3.63) is 23.2 Å². The molecule has 0 unspecified atom stereocenters. The smallest absolute Gasteiger partial charge is 0.374 e. The quantitative estimate of drug-likeness (QED) is 0.368. The lowest BCUT2D eigenvalue weighted by Crippen LogP contribution is -2.29. The Balaban J connectivity index is 1.76. The number of aromatic nitrogens is 4. The van der Waals surface area contributed by atoms with Gasteiger partial charge in [-0.25, -0.2) is 9.15 Å². The third-order valence-corrected chi connectivity index (χ3v) is 4.86. The molecule has 10 heteroatoms. The molecule has 0 radical (unpaired) electrons. The molecule has 32 heavy (non-hydrogen) atoms. The van der Waals surface area contributed by atoms with E-state index < -0.39 is 0 Å². The summed E-state index contributed by atoms with van der Waals surface area (Å²) in [6.45, 7) is 0. The van der Waals surface area contributed by atoms with Crippen LogP contribution in [0.15, 0.2) is 8.83 Å². The van der Waals surface area contributed by atoms with Gasteiger partial charge in [0.1, 0.15) is 0 Å². The van der Waals surface area contributed by atoms with Crippen LogP contribution in [0.2, 0.25) is 0 Å². The van der Waals surface area contributed by atoms with Gasteiger partial charge in [0.2, 0.25) is 11.8 Å². The van der Waals surface area contributed by atoms with Crippen LogP contribution < -0.4 is 30.3 Å². The lowest BCUT2D eigenvalue weighted by molar-refractivity contribution is 0.362. The molecule has 0 aliphatic rings. The van der Waals surface area contributed by atoms with Crippen molar-refractivity contribution in [1.82, 2.24) is 29.1 Å². The van der Waals surface area contributed by atoms with E-state index in [1.807, 2.05) is 75.3 Å². The molecule has 0 N–H and O–H groups in total. The van der Waals surface area contributed by atoms with Gasteiger partial charge in [-0.3, -0.25) is 0 Å². The largest absolute Gasteiger partial charge is 0.503 e. The van der Waals surface area contributed by atoms with Gasteiger partial charge in [-0.2, -0.15) is 9.97 Å². The summed E-state index contributed by atoms with van der Waals surface area (Å²) in [5, 5.41) is 0. The summed E-state index contributed by atoms with van der Waals surface area (Å²) in [5.74, 6) is 2.84. The molecule has 2 aromatic heterocycles. The van der Waals surface area contributed by atoms with Crippen LogP contribution in [0.1, 0.15) is 50.3 Å². The summed E-state index contributed by atoms with van der Waals surface area (Å²) < 4.78 is 15.4. The summed E-state index contributed by atoms with van der Waals surface area (Å²) in [7, 11) is 15.5. The standard InChI is InChI=1S/C22H40N8O2/c1-27(2)19-23-17(31-21(25-19)29(5)6)15-13-11-9-10-12-14-16-18-24-20(28(3)4)26-22(32-18)30(7)8/h9-16H2,1-8H3/q+2. The summed E-state index contributed by atoms with van der Waals surface area (Å²) in [5.41, 5.74) is 1.17. The van der Waals surface area contributed by atoms with E-state index in [0.717, 1.165) is 50.3 Å². The molecular formula is C22H40N8O2+2. The molecule has 0 saturated carbocycles. The van der Waals surface area contributed by atoms with Gasteiger partial charge in [-0.1, -0.05) is 25.7 Å². The van der Waals surface area contributed by atoms with Crippen LogP contribution in [0.3, 0.4) is 0 Å². The SMILES string of the molecule is CN(C)c1nc(CCCCCCCCc2nc(N(C)C)nc(=[N+](C)C)o2)oc(=[N+](C)C)n1. The van der Waals surface area contributed by atoms with Crippen molar-refractivity contribution in [3.63, 3.8) is 0 Å². The molecule has 0 atom stereocenters. The first-order valence-corrected chi connectivity index (χ1v) is 11.3. The highest BCUT2D eigenvalue weighted by Gasteiger charge is 2.14. The van der Waals surface area contributed by atoms with Crippen LogP contribution in [0.5, 0.6) is 0 Å². The average molecular weight is 449 g/mol. The zero-order chi connectivity index (χ0) is 23.7. The minimum Gasteiger partial charge on any atom is -0.374 e. The maximum Gasteiger partial charge on any atom is 0.503 e. The fraction of sp³-hybridized carbons (Fsp3) is 0.727. The monoisotopic (exact) mass is 448 g/mol. The predicted octanol–water partition coefficient (Wildman–Crippen LogP) is 0.774. The number of aryl methyl sites for hydroxylation is 2. The van der Waals surface area contributed by atoms with Crippen LogP contribution in [-0.2, 0) is 12.8 Å². The van der Waals surface area contributed by atoms with E-state index in [2.05, 4.69) is 19.9 Å². The van der Waals surface area contributed by atoms with Crippen molar-refractivity contribution in [2.24, 2.45) is 0 Å². The third-order valence-electron chi connectivity index (χ3n) is 4.86. The Labute approximate surface area is 191 Å². The van der Waals surface area contributed by atoms with Gasteiger partial charge >= 0.3 is 23.3 Å². The molecule has 0 fully saturated rings. The van der Waals surface area contributed by atoms with Gasteiger partial charge in [0.15, 0.2) is 0 Å². The van der Waals surface area contributed by atoms with Gasteiger partial charge in [0.25, 0.3) is 0 Å². The van der Waals surface area contributed by atoms with Crippen molar-refractivity contribution in [2.45, 2.75) is 51.4 Å². The lowest BCUT2D eigenvalue weighted by Gasteiger charge is -2.06. The predicted molar refractivity (Wildman–Crippen MR) is 127 cm³/mol. The topological polar surface area (TPSA) is 90.3 Å². The summed E-state index contributed by atoms with van der Waals surface area (Å²) >= 11 is 0. The second-order valence-electron chi connectivity index (χ2n) is 8.80. The van der Waals surface area contributed by atoms with Crippen molar-refractivity contribution in [1.29, 1.82) is 0 Å². The highest BCUT2D eigenvalue weighted by Crippen LogP contribution is 2.11. The van der Waals surface area contributed by atoms with Crippen LogP contribution in [0.25, 0.3) is 0 Å². The van der Waals surface area contributed by atoms with Crippen LogP contribution in [0, 0.1) is 0 Å². The second-order valence-corrected chi connectivity index (χ2v) is 8.80. The van der Waals surface area contributed by atoms with Crippen molar-refractivity contribution >= 4 is 11.9 Å². The summed E-state index contributed by atoms with van der Waals surface area (Å²) in [6, 6.07) is 0. The lowest BCUT2D eigenvalue weighted by atomic mass is 10.1. The molecule has 0 amide bonds. The fourth-order valence-electron chi connectivity index (χ4n) is 3.00. The molecule has 10 nitrogen and oxygen atoms in total. The average Bonchev–Trinajstić information content (AvgIpc) is 2.74. The summed E-state index contributed by atoms with van der Waals surface area (Å²) in [6.07, 6.45) is 8.45. The minimum absolute atomic E-state index is 0.587. The third kappa shape index (κ3) is 8.05. The maximum absolute atomic E-state index is 5.82. The zero-order valence-electron chi connectivity index (χ0n) is 21.1. The Bertz CT molecular complexity index is 918. The first kappa shape index (κ1) is 25.5. The van der Waals surface area contributed by atoms with Crippen molar-refractivity contribution in [2.75, 3.05) is 66.2 Å². The molecular weight excluding hydrogens is 408 g/mol. The second kappa shape index (κ2) is 12.3. The van der Waals surface area contributed by atoms with Crippen LogP contribution in [0.4, 0.5) is 11.9 Å². The normalized spacial score (nSPS) is 10.9. The van der Waals surface area contributed by atoms with E-state index in [1.165, 1.54) is 12.8 Å². The molecule has 2 aromatic rings. The number of hydrogen-bond donors (Lipinski definition) is 0. The number of anilines is 2. The van der Waals surface area contributed by atoms with E-state index in [4.69, 9.17) is 8.83 Å². The molecule has 0 aliphatic carbocycles. The van der Waals surface area contributed by atoms with E-state index in [-0.39, 0.29) is 0 Å². The number of nitrogens with zero attached hydrogens (tertiary/aromatic N) is 8. The Hall–Kier alpha value is -2.78. The van der Waals surface area contributed by atoms with Crippen molar-refractivity contribution < 1.29 is 8.83 Å². The van der Waals surface area contributed by atoms with Crippen LogP contribution >= 0.6 is 0 Å². The van der Waals surface area contributed by atoms with E-state index in [0.29, 0.717) is 23.3 Å². The molecule has 0 saturated heterocycles. The molecule has 178 valence electrons. The van der Waals surface area contributed by atoms with E-state index >= 15 is 0 Å². The zero-order valence-corrected chi connectivity index (χ0v) is 21.1. The Morgan fingerprint density at radius 1 is 0.562 bits per heavy atom. The molecule has 0 aromatic carbocycles. The Morgan fingerprint density at radius 3 is 1.22 bits per heavy atom. The molecule has 2 heterocycles. The van der Waals surface area contributed by atoms with Gasteiger partial charge in [0, 0.05) is 51.0 Å². The summed E-state index contributed by atoms with van der Waals surface area (Å²) in [4.78, 5) is 21.7. The molecule has 0 aliphatic heterocycles.